The van der Waals surface area contributed by atoms with E-state index < -0.39 is 0 Å². The summed E-state index contributed by atoms with van der Waals surface area (Å²) in [5.74, 6) is 2.82. The van der Waals surface area contributed by atoms with Crippen molar-refractivity contribution in [1.29, 1.82) is 0 Å². The van der Waals surface area contributed by atoms with E-state index in [4.69, 9.17) is 11.2 Å². The zero-order valence-corrected chi connectivity index (χ0v) is 9.40. The number of hydrogen-bond acceptors (Lipinski definition) is 3. The number of rotatable bonds is 4. The molecule has 84 valence electrons. The van der Waals surface area contributed by atoms with Crippen LogP contribution < -0.4 is 4.74 Å². The Kier molecular flexibility index (Phi) is 4.41. The maximum Gasteiger partial charge on any atom is 0.337 e. The largest absolute Gasteiger partial charge is 0.478 e. The fourth-order valence-corrected chi connectivity index (χ4v) is 1.19. The van der Waals surface area contributed by atoms with Gasteiger partial charge in [-0.1, -0.05) is 12.8 Å². The second-order valence-corrected chi connectivity index (χ2v) is 3.20. The predicted octanol–water partition coefficient (Wildman–Crippen LogP) is 2.26. The van der Waals surface area contributed by atoms with Crippen molar-refractivity contribution in [3.8, 4) is 18.1 Å². The first-order valence-electron chi connectivity index (χ1n) is 5.02. The molecule has 1 aromatic carbocycles. The molecule has 0 saturated carbocycles. The maximum atomic E-state index is 11.2. The van der Waals surface area contributed by atoms with Gasteiger partial charge in [0.25, 0.3) is 0 Å². The van der Waals surface area contributed by atoms with Gasteiger partial charge in [0.2, 0.25) is 0 Å². The molecule has 1 atom stereocenters. The molecule has 0 aliphatic rings. The van der Waals surface area contributed by atoms with Crippen LogP contribution in [0.2, 0.25) is 0 Å². The molecule has 0 unspecified atom stereocenters. The van der Waals surface area contributed by atoms with E-state index in [0.29, 0.717) is 11.3 Å². The Morgan fingerprint density at radius 2 is 2.06 bits per heavy atom. The lowest BCUT2D eigenvalue weighted by molar-refractivity contribution is 0.0600. The molecule has 0 saturated heterocycles. The molecule has 0 aromatic heterocycles. The van der Waals surface area contributed by atoms with Crippen LogP contribution in [0, 0.1) is 12.3 Å². The van der Waals surface area contributed by atoms with E-state index in [2.05, 4.69) is 10.7 Å². The lowest BCUT2D eigenvalue weighted by atomic mass is 10.2. The summed E-state index contributed by atoms with van der Waals surface area (Å²) >= 11 is 0. The van der Waals surface area contributed by atoms with E-state index in [0.717, 1.165) is 6.42 Å². The monoisotopic (exact) mass is 218 g/mol. The van der Waals surface area contributed by atoms with Gasteiger partial charge in [0.15, 0.2) is 6.10 Å². The Morgan fingerprint density at radius 3 is 2.50 bits per heavy atom. The van der Waals surface area contributed by atoms with E-state index in [1.165, 1.54) is 7.11 Å². The standard InChI is InChI=1S/C13H14O3/c1-4-11(5-2)16-12-8-6-10(7-9-12)13(14)15-3/h1,6-9,11H,5H2,2-3H3/t11-/m0/s1. The number of hydrogen-bond donors (Lipinski definition) is 0. The molecule has 0 aliphatic carbocycles. The zero-order valence-electron chi connectivity index (χ0n) is 9.40. The number of ether oxygens (including phenoxy) is 2. The van der Waals surface area contributed by atoms with Gasteiger partial charge in [-0.05, 0) is 30.7 Å². The first kappa shape index (κ1) is 12.1. The van der Waals surface area contributed by atoms with Gasteiger partial charge in [-0.15, -0.1) is 6.42 Å². The third-order valence-electron chi connectivity index (χ3n) is 2.11. The Balaban J connectivity index is 2.72. The molecular formula is C13H14O3. The third kappa shape index (κ3) is 3.03. The second-order valence-electron chi connectivity index (χ2n) is 3.20. The van der Waals surface area contributed by atoms with E-state index in [-0.39, 0.29) is 12.1 Å². The van der Waals surface area contributed by atoms with Gasteiger partial charge in [0, 0.05) is 0 Å². The van der Waals surface area contributed by atoms with Crippen molar-refractivity contribution < 1.29 is 14.3 Å². The van der Waals surface area contributed by atoms with Crippen LogP contribution in [-0.2, 0) is 4.74 Å². The molecular weight excluding hydrogens is 204 g/mol. The second kappa shape index (κ2) is 5.82. The number of carbonyl (C=O) groups is 1. The third-order valence-corrected chi connectivity index (χ3v) is 2.11. The van der Waals surface area contributed by atoms with Crippen LogP contribution in [0.4, 0.5) is 0 Å². The fourth-order valence-electron chi connectivity index (χ4n) is 1.19. The van der Waals surface area contributed by atoms with Gasteiger partial charge in [-0.25, -0.2) is 4.79 Å². The van der Waals surface area contributed by atoms with Crippen molar-refractivity contribution in [2.75, 3.05) is 7.11 Å². The SMILES string of the molecule is C#C[C@@H](CC)Oc1ccc(C(=O)OC)cc1. The fraction of sp³-hybridized carbons (Fsp3) is 0.308. The predicted molar refractivity (Wildman–Crippen MR) is 61.3 cm³/mol. The number of terminal acetylenes is 1. The van der Waals surface area contributed by atoms with Crippen LogP contribution in [0.5, 0.6) is 5.75 Å². The Labute approximate surface area is 95.4 Å². The molecule has 0 spiro atoms. The van der Waals surface area contributed by atoms with Gasteiger partial charge < -0.3 is 9.47 Å². The average molecular weight is 218 g/mol. The molecule has 3 nitrogen and oxygen atoms in total. The number of esters is 1. The molecule has 0 radical (unpaired) electrons. The highest BCUT2D eigenvalue weighted by molar-refractivity contribution is 5.89. The van der Waals surface area contributed by atoms with Crippen LogP contribution in [0.1, 0.15) is 23.7 Å². The highest BCUT2D eigenvalue weighted by Gasteiger charge is 2.07. The first-order valence-corrected chi connectivity index (χ1v) is 5.02. The lowest BCUT2D eigenvalue weighted by Gasteiger charge is -2.11. The molecule has 0 fully saturated rings. The van der Waals surface area contributed by atoms with Gasteiger partial charge >= 0.3 is 5.97 Å². The van der Waals surface area contributed by atoms with Gasteiger partial charge in [0.1, 0.15) is 5.75 Å². The molecule has 0 amide bonds. The minimum absolute atomic E-state index is 0.232. The summed E-state index contributed by atoms with van der Waals surface area (Å²) in [5.41, 5.74) is 0.489. The molecule has 0 aliphatic heterocycles. The summed E-state index contributed by atoms with van der Waals surface area (Å²) in [6.07, 6.45) is 5.79. The highest BCUT2D eigenvalue weighted by atomic mass is 16.5. The molecule has 0 bridgehead atoms. The highest BCUT2D eigenvalue weighted by Crippen LogP contribution is 2.15. The quantitative estimate of drug-likeness (QED) is 0.574. The molecule has 1 aromatic rings. The first-order chi connectivity index (χ1) is 7.71. The van der Waals surface area contributed by atoms with Crippen molar-refractivity contribution in [2.45, 2.75) is 19.4 Å². The van der Waals surface area contributed by atoms with E-state index >= 15 is 0 Å². The van der Waals surface area contributed by atoms with Crippen molar-refractivity contribution in [3.05, 3.63) is 29.8 Å². The molecule has 3 heteroatoms. The zero-order chi connectivity index (χ0) is 12.0. The van der Waals surface area contributed by atoms with Crippen LogP contribution >= 0.6 is 0 Å². The van der Waals surface area contributed by atoms with E-state index in [1.807, 2.05) is 6.92 Å². The van der Waals surface area contributed by atoms with Gasteiger partial charge in [0.05, 0.1) is 12.7 Å². The van der Waals surface area contributed by atoms with Crippen LogP contribution in [0.15, 0.2) is 24.3 Å². The Hall–Kier alpha value is -1.95. The normalized spacial score (nSPS) is 11.3. The summed E-state index contributed by atoms with van der Waals surface area (Å²) in [6.45, 7) is 1.95. The Morgan fingerprint density at radius 1 is 1.44 bits per heavy atom. The van der Waals surface area contributed by atoms with Crippen molar-refractivity contribution in [2.24, 2.45) is 0 Å². The summed E-state index contributed by atoms with van der Waals surface area (Å²) in [6, 6.07) is 6.69. The summed E-state index contributed by atoms with van der Waals surface area (Å²) in [5, 5.41) is 0. The number of carbonyl (C=O) groups excluding carboxylic acids is 1. The van der Waals surface area contributed by atoms with Crippen LogP contribution in [0.25, 0.3) is 0 Å². The number of methoxy groups -OCH3 is 1. The van der Waals surface area contributed by atoms with Crippen molar-refractivity contribution >= 4 is 5.97 Å². The van der Waals surface area contributed by atoms with Crippen molar-refractivity contribution in [1.82, 2.24) is 0 Å². The Bertz CT molecular complexity index is 387. The molecule has 16 heavy (non-hydrogen) atoms. The molecule has 0 N–H and O–H groups in total. The minimum Gasteiger partial charge on any atom is -0.478 e. The number of benzene rings is 1. The lowest BCUT2D eigenvalue weighted by Crippen LogP contribution is -2.12. The van der Waals surface area contributed by atoms with E-state index in [9.17, 15) is 4.79 Å². The maximum absolute atomic E-state index is 11.2. The van der Waals surface area contributed by atoms with Gasteiger partial charge in [-0.2, -0.15) is 0 Å². The molecule has 0 heterocycles. The van der Waals surface area contributed by atoms with E-state index in [1.54, 1.807) is 24.3 Å². The van der Waals surface area contributed by atoms with Crippen LogP contribution in [0.3, 0.4) is 0 Å². The summed E-state index contributed by atoms with van der Waals surface area (Å²) in [4.78, 5) is 11.2. The van der Waals surface area contributed by atoms with Crippen LogP contribution in [-0.4, -0.2) is 19.2 Å². The topological polar surface area (TPSA) is 35.5 Å². The summed E-state index contributed by atoms with van der Waals surface area (Å²) in [7, 11) is 1.35. The van der Waals surface area contributed by atoms with Gasteiger partial charge in [-0.3, -0.25) is 0 Å². The summed E-state index contributed by atoms with van der Waals surface area (Å²) < 4.78 is 10.1. The molecule has 1 rings (SSSR count). The smallest absolute Gasteiger partial charge is 0.337 e. The average Bonchev–Trinajstić information content (AvgIpc) is 2.35. The minimum atomic E-state index is -0.365. The van der Waals surface area contributed by atoms with Crippen molar-refractivity contribution in [3.63, 3.8) is 0 Å².